The van der Waals surface area contributed by atoms with E-state index in [1.54, 1.807) is 18.4 Å². The van der Waals surface area contributed by atoms with Crippen LogP contribution in [0.3, 0.4) is 0 Å². The fourth-order valence-corrected chi connectivity index (χ4v) is 4.69. The topological polar surface area (TPSA) is 51.2 Å². The van der Waals surface area contributed by atoms with Gasteiger partial charge in [-0.25, -0.2) is 4.98 Å². The Balaban J connectivity index is 1.70. The van der Waals surface area contributed by atoms with Crippen LogP contribution in [-0.2, 0) is 22.7 Å². The van der Waals surface area contributed by atoms with Gasteiger partial charge in [-0.2, -0.15) is 0 Å². The van der Waals surface area contributed by atoms with Crippen LogP contribution in [0.15, 0.2) is 30.3 Å². The van der Waals surface area contributed by atoms with E-state index in [4.69, 9.17) is 4.74 Å². The molecule has 1 unspecified atom stereocenters. The highest BCUT2D eigenvalue weighted by Crippen LogP contribution is 2.37. The molecule has 25 heavy (non-hydrogen) atoms. The molecule has 2 aromatic rings. The van der Waals surface area contributed by atoms with Crippen molar-refractivity contribution in [3.05, 3.63) is 51.5 Å². The van der Waals surface area contributed by atoms with Gasteiger partial charge in [-0.15, -0.1) is 11.3 Å². The molecule has 1 heterocycles. The van der Waals surface area contributed by atoms with Gasteiger partial charge < -0.3 is 10.1 Å². The Hall–Kier alpha value is -1.72. The molecule has 134 valence electrons. The lowest BCUT2D eigenvalue weighted by Crippen LogP contribution is -2.32. The maximum absolute atomic E-state index is 13.0. The summed E-state index contributed by atoms with van der Waals surface area (Å²) in [5.74, 6) is 0.545. The molecule has 3 rings (SSSR count). The SMILES string of the molecule is COCc1nc(C)c(CNC(=O)C(c2ccccc2)C2CCCC2)s1. The summed E-state index contributed by atoms with van der Waals surface area (Å²) >= 11 is 1.62. The molecule has 1 fully saturated rings. The molecule has 1 amide bonds. The summed E-state index contributed by atoms with van der Waals surface area (Å²) in [6.45, 7) is 3.05. The number of thiazole rings is 1. The van der Waals surface area contributed by atoms with Gasteiger partial charge in [0.15, 0.2) is 0 Å². The van der Waals surface area contributed by atoms with Gasteiger partial charge in [0.2, 0.25) is 5.91 Å². The third-order valence-electron chi connectivity index (χ3n) is 4.94. The molecule has 1 aromatic heterocycles. The molecule has 5 heteroatoms. The van der Waals surface area contributed by atoms with Crippen molar-refractivity contribution in [1.29, 1.82) is 0 Å². The molecule has 0 bridgehead atoms. The van der Waals surface area contributed by atoms with Crippen molar-refractivity contribution in [2.45, 2.75) is 51.7 Å². The maximum atomic E-state index is 13.0. The number of benzene rings is 1. The molecular formula is C20H26N2O2S. The number of nitrogens with zero attached hydrogens (tertiary/aromatic N) is 1. The van der Waals surface area contributed by atoms with E-state index in [9.17, 15) is 4.79 Å². The Morgan fingerprint density at radius 3 is 2.72 bits per heavy atom. The van der Waals surface area contributed by atoms with Crippen molar-refractivity contribution in [2.75, 3.05) is 7.11 Å². The highest BCUT2D eigenvalue weighted by Gasteiger charge is 2.31. The Labute approximate surface area is 153 Å². The number of carbonyl (C=O) groups is 1. The van der Waals surface area contributed by atoms with E-state index in [1.807, 2.05) is 25.1 Å². The summed E-state index contributed by atoms with van der Waals surface area (Å²) in [5.41, 5.74) is 2.11. The lowest BCUT2D eigenvalue weighted by molar-refractivity contribution is -0.123. The van der Waals surface area contributed by atoms with Crippen LogP contribution in [0.2, 0.25) is 0 Å². The van der Waals surface area contributed by atoms with E-state index in [0.29, 0.717) is 19.1 Å². The number of aromatic nitrogens is 1. The third kappa shape index (κ3) is 4.47. The van der Waals surface area contributed by atoms with Gasteiger partial charge >= 0.3 is 0 Å². The van der Waals surface area contributed by atoms with Crippen LogP contribution in [-0.4, -0.2) is 18.0 Å². The second-order valence-corrected chi connectivity index (χ2v) is 7.87. The highest BCUT2D eigenvalue weighted by atomic mass is 32.1. The number of methoxy groups -OCH3 is 1. The van der Waals surface area contributed by atoms with E-state index in [-0.39, 0.29) is 11.8 Å². The van der Waals surface area contributed by atoms with Crippen LogP contribution in [0.4, 0.5) is 0 Å². The summed E-state index contributed by atoms with van der Waals surface area (Å²) in [6, 6.07) is 10.2. The number of amides is 1. The standard InChI is InChI=1S/C20H26N2O2S/c1-14-17(25-18(22-14)13-24-2)12-21-20(23)19(16-10-6-7-11-16)15-8-4-3-5-9-15/h3-5,8-9,16,19H,6-7,10-13H2,1-2H3,(H,21,23). The maximum Gasteiger partial charge on any atom is 0.228 e. The summed E-state index contributed by atoms with van der Waals surface area (Å²) in [7, 11) is 1.67. The number of hydrogen-bond acceptors (Lipinski definition) is 4. The molecule has 1 N–H and O–H groups in total. The first kappa shape index (κ1) is 18.1. The Kier molecular flexibility index (Phi) is 6.21. The summed E-state index contributed by atoms with van der Waals surface area (Å²) in [4.78, 5) is 18.6. The third-order valence-corrected chi connectivity index (χ3v) is 6.07. The average molecular weight is 359 g/mol. The molecule has 0 spiro atoms. The van der Waals surface area contributed by atoms with Gasteiger partial charge in [-0.3, -0.25) is 4.79 Å². The molecule has 0 radical (unpaired) electrons. The second kappa shape index (κ2) is 8.59. The molecular weight excluding hydrogens is 332 g/mol. The van der Waals surface area contributed by atoms with E-state index < -0.39 is 0 Å². The zero-order chi connectivity index (χ0) is 17.6. The van der Waals surface area contributed by atoms with Gasteiger partial charge in [0.1, 0.15) is 5.01 Å². The number of hydrogen-bond donors (Lipinski definition) is 1. The zero-order valence-corrected chi connectivity index (χ0v) is 15.8. The summed E-state index contributed by atoms with van der Waals surface area (Å²) < 4.78 is 5.15. The quantitative estimate of drug-likeness (QED) is 0.807. The van der Waals surface area contributed by atoms with Crippen molar-refractivity contribution in [3.63, 3.8) is 0 Å². The lowest BCUT2D eigenvalue weighted by Gasteiger charge is -2.23. The minimum absolute atomic E-state index is 0.0460. The number of aryl methyl sites for hydroxylation is 1. The highest BCUT2D eigenvalue weighted by molar-refractivity contribution is 7.11. The second-order valence-electron chi connectivity index (χ2n) is 6.70. The Bertz CT molecular complexity index is 693. The zero-order valence-electron chi connectivity index (χ0n) is 15.0. The minimum Gasteiger partial charge on any atom is -0.378 e. The van der Waals surface area contributed by atoms with Crippen molar-refractivity contribution >= 4 is 17.2 Å². The normalized spacial score (nSPS) is 16.1. The van der Waals surface area contributed by atoms with Gasteiger partial charge in [-0.05, 0) is 31.2 Å². The number of carbonyl (C=O) groups excluding carboxylic acids is 1. The molecule has 1 saturated carbocycles. The predicted molar refractivity (Wildman–Crippen MR) is 101 cm³/mol. The van der Waals surface area contributed by atoms with Gasteiger partial charge in [0.05, 0.1) is 24.8 Å². The van der Waals surface area contributed by atoms with Crippen molar-refractivity contribution in [3.8, 4) is 0 Å². The van der Waals surface area contributed by atoms with Gasteiger partial charge in [0, 0.05) is 12.0 Å². The van der Waals surface area contributed by atoms with Crippen molar-refractivity contribution in [1.82, 2.24) is 10.3 Å². The van der Waals surface area contributed by atoms with Crippen LogP contribution in [0.5, 0.6) is 0 Å². The molecule has 1 atom stereocenters. The van der Waals surface area contributed by atoms with Crippen molar-refractivity contribution in [2.24, 2.45) is 5.92 Å². The molecule has 0 aliphatic heterocycles. The number of ether oxygens (including phenoxy) is 1. The van der Waals surface area contributed by atoms with Crippen LogP contribution in [0.25, 0.3) is 0 Å². The summed E-state index contributed by atoms with van der Waals surface area (Å²) in [6.07, 6.45) is 4.75. The molecule has 0 saturated heterocycles. The minimum atomic E-state index is -0.0460. The fourth-order valence-electron chi connectivity index (χ4n) is 3.70. The van der Waals surface area contributed by atoms with E-state index in [1.165, 1.54) is 12.8 Å². The molecule has 1 aromatic carbocycles. The number of nitrogens with one attached hydrogen (secondary N) is 1. The predicted octanol–water partition coefficient (Wildman–Crippen LogP) is 4.19. The average Bonchev–Trinajstić information content (AvgIpc) is 3.25. The van der Waals surface area contributed by atoms with E-state index in [2.05, 4.69) is 22.4 Å². The Morgan fingerprint density at radius 1 is 1.32 bits per heavy atom. The van der Waals surface area contributed by atoms with Crippen LogP contribution in [0, 0.1) is 12.8 Å². The molecule has 4 nitrogen and oxygen atoms in total. The smallest absolute Gasteiger partial charge is 0.228 e. The van der Waals surface area contributed by atoms with Crippen molar-refractivity contribution < 1.29 is 9.53 Å². The van der Waals surface area contributed by atoms with E-state index in [0.717, 1.165) is 34.0 Å². The van der Waals surface area contributed by atoms with Crippen LogP contribution in [0.1, 0.15) is 52.7 Å². The first-order valence-corrected chi connectivity index (χ1v) is 9.77. The molecule has 1 aliphatic carbocycles. The summed E-state index contributed by atoms with van der Waals surface area (Å²) in [5, 5.41) is 4.12. The number of rotatable bonds is 7. The van der Waals surface area contributed by atoms with E-state index >= 15 is 0 Å². The monoisotopic (exact) mass is 358 g/mol. The van der Waals surface area contributed by atoms with Crippen LogP contribution < -0.4 is 5.32 Å². The lowest BCUT2D eigenvalue weighted by atomic mass is 9.84. The Morgan fingerprint density at radius 2 is 2.04 bits per heavy atom. The largest absolute Gasteiger partial charge is 0.378 e. The van der Waals surface area contributed by atoms with Crippen LogP contribution >= 0.6 is 11.3 Å². The van der Waals surface area contributed by atoms with Gasteiger partial charge in [0.25, 0.3) is 0 Å². The fraction of sp³-hybridized carbons (Fsp3) is 0.500. The van der Waals surface area contributed by atoms with Gasteiger partial charge in [-0.1, -0.05) is 43.2 Å². The first-order chi connectivity index (χ1) is 12.2. The first-order valence-electron chi connectivity index (χ1n) is 8.96. The molecule has 1 aliphatic rings.